The Bertz CT molecular complexity index is 1190. The minimum Gasteiger partial charge on any atom is -0.345 e. The van der Waals surface area contributed by atoms with Gasteiger partial charge >= 0.3 is 5.69 Å². The zero-order valence-corrected chi connectivity index (χ0v) is 16.5. The van der Waals surface area contributed by atoms with Crippen molar-refractivity contribution in [2.75, 3.05) is 19.4 Å². The van der Waals surface area contributed by atoms with E-state index in [-0.39, 0.29) is 24.6 Å². The van der Waals surface area contributed by atoms with E-state index in [2.05, 4.69) is 5.32 Å². The molecule has 0 aliphatic rings. The van der Waals surface area contributed by atoms with Crippen LogP contribution in [-0.2, 0) is 17.9 Å². The Balaban J connectivity index is 1.88. The first-order valence-corrected chi connectivity index (χ1v) is 9.17. The standard InChI is InChI=1S/C21H22N4O4/c1-4-24-20(28)16-7-5-6-8-17(16)25(21(24)29)13-18(26)22-15-11-9-14(10-12-15)19(27)23(2)3/h5-12H,4,13H2,1-3H3,(H,22,26). The number of hydrogen-bond donors (Lipinski definition) is 1. The van der Waals surface area contributed by atoms with E-state index in [0.717, 1.165) is 4.57 Å². The van der Waals surface area contributed by atoms with Gasteiger partial charge in [-0.15, -0.1) is 0 Å². The predicted octanol–water partition coefficient (Wildman–Crippen LogP) is 1.52. The summed E-state index contributed by atoms with van der Waals surface area (Å²) in [5.41, 5.74) is 0.523. The second kappa shape index (κ2) is 8.14. The Morgan fingerprint density at radius 2 is 1.62 bits per heavy atom. The molecule has 8 nitrogen and oxygen atoms in total. The molecule has 1 aromatic heterocycles. The lowest BCUT2D eigenvalue weighted by Gasteiger charge is -2.14. The Morgan fingerprint density at radius 1 is 0.966 bits per heavy atom. The molecule has 0 bridgehead atoms. The molecule has 0 spiro atoms. The maximum atomic E-state index is 12.7. The maximum Gasteiger partial charge on any atom is 0.331 e. The van der Waals surface area contributed by atoms with Gasteiger partial charge in [-0.2, -0.15) is 0 Å². The minimum atomic E-state index is -0.529. The van der Waals surface area contributed by atoms with Crippen molar-refractivity contribution in [1.82, 2.24) is 14.0 Å². The van der Waals surface area contributed by atoms with Crippen LogP contribution in [0.15, 0.2) is 58.1 Å². The Hall–Kier alpha value is -3.68. The third kappa shape index (κ3) is 3.96. The maximum absolute atomic E-state index is 12.7. The third-order valence-corrected chi connectivity index (χ3v) is 4.57. The molecule has 0 atom stereocenters. The predicted molar refractivity (Wildman–Crippen MR) is 111 cm³/mol. The molecule has 2 amide bonds. The highest BCUT2D eigenvalue weighted by Gasteiger charge is 2.15. The summed E-state index contributed by atoms with van der Waals surface area (Å²) in [6.07, 6.45) is 0. The highest BCUT2D eigenvalue weighted by Crippen LogP contribution is 2.12. The number of carbonyl (C=O) groups is 2. The van der Waals surface area contributed by atoms with E-state index >= 15 is 0 Å². The van der Waals surface area contributed by atoms with Crippen molar-refractivity contribution in [2.24, 2.45) is 0 Å². The number of rotatable bonds is 5. The lowest BCUT2D eigenvalue weighted by atomic mass is 10.2. The lowest BCUT2D eigenvalue weighted by Crippen LogP contribution is -2.41. The molecule has 1 N–H and O–H groups in total. The number of nitrogens with one attached hydrogen (secondary N) is 1. The van der Waals surface area contributed by atoms with Crippen molar-refractivity contribution >= 4 is 28.4 Å². The number of aromatic nitrogens is 2. The quantitative estimate of drug-likeness (QED) is 0.710. The second-order valence-corrected chi connectivity index (χ2v) is 6.76. The molecule has 1 heterocycles. The molecule has 0 aliphatic heterocycles. The zero-order valence-electron chi connectivity index (χ0n) is 16.5. The molecule has 29 heavy (non-hydrogen) atoms. The van der Waals surface area contributed by atoms with Gasteiger partial charge in [-0.1, -0.05) is 12.1 Å². The average molecular weight is 394 g/mol. The fourth-order valence-electron chi connectivity index (χ4n) is 3.10. The summed E-state index contributed by atoms with van der Waals surface area (Å²) in [5.74, 6) is -0.548. The van der Waals surface area contributed by atoms with Gasteiger partial charge in [-0.05, 0) is 43.3 Å². The average Bonchev–Trinajstić information content (AvgIpc) is 2.71. The summed E-state index contributed by atoms with van der Waals surface area (Å²) in [6, 6.07) is 13.2. The van der Waals surface area contributed by atoms with Crippen LogP contribution in [0.1, 0.15) is 17.3 Å². The van der Waals surface area contributed by atoms with E-state index in [9.17, 15) is 19.2 Å². The summed E-state index contributed by atoms with van der Waals surface area (Å²) < 4.78 is 2.40. The van der Waals surface area contributed by atoms with Gasteiger partial charge in [0.2, 0.25) is 5.91 Å². The molecule has 0 saturated heterocycles. The Morgan fingerprint density at radius 3 is 2.24 bits per heavy atom. The van der Waals surface area contributed by atoms with Gasteiger partial charge in [-0.3, -0.25) is 23.5 Å². The highest BCUT2D eigenvalue weighted by molar-refractivity contribution is 5.95. The second-order valence-electron chi connectivity index (χ2n) is 6.76. The van der Waals surface area contributed by atoms with Crippen LogP contribution in [0, 0.1) is 0 Å². The molecule has 0 radical (unpaired) electrons. The van der Waals surface area contributed by atoms with Crippen molar-refractivity contribution in [3.63, 3.8) is 0 Å². The smallest absolute Gasteiger partial charge is 0.331 e. The van der Waals surface area contributed by atoms with Crippen LogP contribution >= 0.6 is 0 Å². The van der Waals surface area contributed by atoms with Gasteiger partial charge in [0.1, 0.15) is 6.54 Å². The molecule has 3 aromatic rings. The molecule has 150 valence electrons. The summed E-state index contributed by atoms with van der Waals surface area (Å²) >= 11 is 0. The van der Waals surface area contributed by atoms with E-state index in [0.29, 0.717) is 22.2 Å². The molecule has 3 rings (SSSR count). The summed E-state index contributed by atoms with van der Waals surface area (Å²) in [7, 11) is 3.33. The number of hydrogen-bond acceptors (Lipinski definition) is 4. The van der Waals surface area contributed by atoms with Crippen molar-refractivity contribution in [3.8, 4) is 0 Å². The number of benzene rings is 2. The van der Waals surface area contributed by atoms with E-state index in [4.69, 9.17) is 0 Å². The lowest BCUT2D eigenvalue weighted by molar-refractivity contribution is -0.116. The van der Waals surface area contributed by atoms with Crippen molar-refractivity contribution in [2.45, 2.75) is 20.0 Å². The van der Waals surface area contributed by atoms with Gasteiger partial charge in [0.15, 0.2) is 0 Å². The van der Waals surface area contributed by atoms with Gasteiger partial charge in [0.25, 0.3) is 11.5 Å². The fourth-order valence-corrected chi connectivity index (χ4v) is 3.10. The van der Waals surface area contributed by atoms with E-state index in [1.165, 1.54) is 9.47 Å². The first-order chi connectivity index (χ1) is 13.8. The number of nitrogens with zero attached hydrogens (tertiary/aromatic N) is 3. The molecule has 0 saturated carbocycles. The number of anilines is 1. The van der Waals surface area contributed by atoms with E-state index in [1.807, 2.05) is 0 Å². The van der Waals surface area contributed by atoms with Gasteiger partial charge in [0.05, 0.1) is 10.9 Å². The fraction of sp³-hybridized carbons (Fsp3) is 0.238. The monoisotopic (exact) mass is 394 g/mol. The minimum absolute atomic E-state index is 0.136. The molecule has 0 unspecified atom stereocenters. The molecular formula is C21H22N4O4. The highest BCUT2D eigenvalue weighted by atomic mass is 16.2. The largest absolute Gasteiger partial charge is 0.345 e. The zero-order chi connectivity index (χ0) is 21.1. The Kier molecular flexibility index (Phi) is 5.63. The molecule has 8 heteroatoms. The number of carbonyl (C=O) groups excluding carboxylic acids is 2. The topological polar surface area (TPSA) is 93.4 Å². The van der Waals surface area contributed by atoms with Crippen molar-refractivity contribution in [1.29, 1.82) is 0 Å². The van der Waals surface area contributed by atoms with Crippen LogP contribution in [-0.4, -0.2) is 39.9 Å². The van der Waals surface area contributed by atoms with Gasteiger partial charge in [-0.25, -0.2) is 4.79 Å². The first-order valence-electron chi connectivity index (χ1n) is 9.17. The summed E-state index contributed by atoms with van der Waals surface area (Å²) in [4.78, 5) is 51.1. The first kappa shape index (κ1) is 20.1. The summed E-state index contributed by atoms with van der Waals surface area (Å²) in [5, 5.41) is 3.10. The number of fused-ring (bicyclic) bond motifs is 1. The van der Waals surface area contributed by atoms with Crippen LogP contribution in [0.2, 0.25) is 0 Å². The number of para-hydroxylation sites is 1. The third-order valence-electron chi connectivity index (χ3n) is 4.57. The SMILES string of the molecule is CCn1c(=O)c2ccccc2n(CC(=O)Nc2ccc(C(=O)N(C)C)cc2)c1=O. The van der Waals surface area contributed by atoms with Crippen LogP contribution < -0.4 is 16.6 Å². The summed E-state index contributed by atoms with van der Waals surface area (Å²) in [6.45, 7) is 1.68. The van der Waals surface area contributed by atoms with E-state index in [1.54, 1.807) is 69.6 Å². The van der Waals surface area contributed by atoms with Gasteiger partial charge < -0.3 is 10.2 Å². The van der Waals surface area contributed by atoms with Crippen LogP contribution in [0.25, 0.3) is 10.9 Å². The molecular weight excluding hydrogens is 372 g/mol. The van der Waals surface area contributed by atoms with Crippen LogP contribution in [0.4, 0.5) is 5.69 Å². The molecule has 2 aromatic carbocycles. The Labute approximate surface area is 167 Å². The van der Waals surface area contributed by atoms with Crippen molar-refractivity contribution < 1.29 is 9.59 Å². The number of amides is 2. The van der Waals surface area contributed by atoms with Crippen LogP contribution in [0.5, 0.6) is 0 Å². The van der Waals surface area contributed by atoms with Crippen LogP contribution in [0.3, 0.4) is 0 Å². The normalized spacial score (nSPS) is 10.7. The van der Waals surface area contributed by atoms with E-state index < -0.39 is 11.6 Å². The van der Waals surface area contributed by atoms with Crippen molar-refractivity contribution in [3.05, 3.63) is 74.9 Å². The molecule has 0 fully saturated rings. The van der Waals surface area contributed by atoms with Gasteiger partial charge in [0, 0.05) is 31.9 Å². The molecule has 0 aliphatic carbocycles.